The van der Waals surface area contributed by atoms with Crippen molar-refractivity contribution in [1.82, 2.24) is 10.2 Å². The number of rotatable bonds is 3. The quantitative estimate of drug-likeness (QED) is 0.796. The third-order valence-corrected chi connectivity index (χ3v) is 4.53. The first-order valence-electron chi connectivity index (χ1n) is 6.81. The molecule has 2 amide bonds. The molecular weight excluding hydrogens is 216 g/mol. The molecule has 0 radical (unpaired) electrons. The van der Waals surface area contributed by atoms with E-state index in [0.29, 0.717) is 0 Å². The SMILES string of the molecule is O=C1CNC(=O)C2(CCCC2)N1CCC1CC1. The highest BCUT2D eigenvalue weighted by molar-refractivity contribution is 5.98. The van der Waals surface area contributed by atoms with Gasteiger partial charge in [0.1, 0.15) is 5.54 Å². The van der Waals surface area contributed by atoms with Crippen LogP contribution in [0.5, 0.6) is 0 Å². The molecule has 1 heterocycles. The lowest BCUT2D eigenvalue weighted by Gasteiger charge is -2.43. The second kappa shape index (κ2) is 4.00. The third kappa shape index (κ3) is 1.83. The van der Waals surface area contributed by atoms with Crippen LogP contribution in [0.1, 0.15) is 44.9 Å². The van der Waals surface area contributed by atoms with Crippen LogP contribution in [0.2, 0.25) is 0 Å². The van der Waals surface area contributed by atoms with Gasteiger partial charge in [0.2, 0.25) is 11.8 Å². The van der Waals surface area contributed by atoms with E-state index in [2.05, 4.69) is 5.32 Å². The topological polar surface area (TPSA) is 49.4 Å². The first kappa shape index (κ1) is 11.1. The smallest absolute Gasteiger partial charge is 0.246 e. The number of carbonyl (C=O) groups is 2. The van der Waals surface area contributed by atoms with Crippen LogP contribution in [0.25, 0.3) is 0 Å². The van der Waals surface area contributed by atoms with Gasteiger partial charge in [-0.2, -0.15) is 0 Å². The molecule has 0 bridgehead atoms. The molecule has 94 valence electrons. The van der Waals surface area contributed by atoms with Crippen LogP contribution in [0.15, 0.2) is 0 Å². The van der Waals surface area contributed by atoms with E-state index in [1.807, 2.05) is 4.90 Å². The summed E-state index contributed by atoms with van der Waals surface area (Å²) in [7, 11) is 0. The fourth-order valence-corrected chi connectivity index (χ4v) is 3.29. The standard InChI is InChI=1S/C13H20N2O2/c16-11-9-14-12(17)13(6-1-2-7-13)15(11)8-5-10-3-4-10/h10H,1-9H2,(H,14,17). The van der Waals surface area contributed by atoms with Crippen molar-refractivity contribution in [2.24, 2.45) is 5.92 Å². The molecule has 4 nitrogen and oxygen atoms in total. The molecule has 3 rings (SSSR count). The fraction of sp³-hybridized carbons (Fsp3) is 0.846. The van der Waals surface area contributed by atoms with E-state index in [-0.39, 0.29) is 18.4 Å². The maximum Gasteiger partial charge on any atom is 0.246 e. The Morgan fingerprint density at radius 2 is 1.94 bits per heavy atom. The Balaban J connectivity index is 1.77. The molecule has 0 aromatic rings. The van der Waals surface area contributed by atoms with Crippen molar-refractivity contribution in [2.45, 2.75) is 50.5 Å². The van der Waals surface area contributed by atoms with Gasteiger partial charge in [0.25, 0.3) is 0 Å². The normalized spacial score (nSPS) is 27.6. The lowest BCUT2D eigenvalue weighted by molar-refractivity contribution is -0.153. The minimum atomic E-state index is -0.482. The Morgan fingerprint density at radius 1 is 1.24 bits per heavy atom. The van der Waals surface area contributed by atoms with Gasteiger partial charge in [0.15, 0.2) is 0 Å². The first-order chi connectivity index (χ1) is 8.22. The molecule has 0 aromatic heterocycles. The Kier molecular flexibility index (Phi) is 2.60. The molecule has 0 aromatic carbocycles. The van der Waals surface area contributed by atoms with Gasteiger partial charge in [-0.05, 0) is 25.2 Å². The van der Waals surface area contributed by atoms with Crippen molar-refractivity contribution in [3.63, 3.8) is 0 Å². The van der Waals surface area contributed by atoms with Crippen LogP contribution in [0.4, 0.5) is 0 Å². The van der Waals surface area contributed by atoms with Crippen LogP contribution in [-0.2, 0) is 9.59 Å². The van der Waals surface area contributed by atoms with Crippen LogP contribution < -0.4 is 5.32 Å². The predicted octanol–water partition coefficient (Wildman–Crippen LogP) is 1.06. The third-order valence-electron chi connectivity index (χ3n) is 4.53. The summed E-state index contributed by atoms with van der Waals surface area (Å²) in [4.78, 5) is 26.1. The molecule has 0 unspecified atom stereocenters. The Bertz CT molecular complexity index is 343. The van der Waals surface area contributed by atoms with Gasteiger partial charge in [0, 0.05) is 6.54 Å². The minimum absolute atomic E-state index is 0.0883. The average molecular weight is 236 g/mol. The largest absolute Gasteiger partial charge is 0.345 e. The molecule has 1 N–H and O–H groups in total. The van der Waals surface area contributed by atoms with Crippen molar-refractivity contribution >= 4 is 11.8 Å². The molecule has 4 heteroatoms. The highest BCUT2D eigenvalue weighted by Crippen LogP contribution is 2.39. The van der Waals surface area contributed by atoms with Crippen molar-refractivity contribution in [3.05, 3.63) is 0 Å². The summed E-state index contributed by atoms with van der Waals surface area (Å²) in [5, 5.41) is 2.77. The van der Waals surface area contributed by atoms with Gasteiger partial charge < -0.3 is 10.2 Å². The van der Waals surface area contributed by atoms with Gasteiger partial charge in [-0.1, -0.05) is 25.7 Å². The molecule has 1 saturated heterocycles. The molecule has 17 heavy (non-hydrogen) atoms. The van der Waals surface area contributed by atoms with Gasteiger partial charge in [-0.3, -0.25) is 9.59 Å². The van der Waals surface area contributed by atoms with Gasteiger partial charge >= 0.3 is 0 Å². The number of amides is 2. The van der Waals surface area contributed by atoms with Crippen molar-refractivity contribution in [3.8, 4) is 0 Å². The summed E-state index contributed by atoms with van der Waals surface area (Å²) < 4.78 is 0. The van der Waals surface area contributed by atoms with E-state index in [1.54, 1.807) is 0 Å². The first-order valence-corrected chi connectivity index (χ1v) is 6.81. The van der Waals surface area contributed by atoms with Crippen molar-refractivity contribution < 1.29 is 9.59 Å². The summed E-state index contributed by atoms with van der Waals surface area (Å²) >= 11 is 0. The van der Waals surface area contributed by atoms with E-state index >= 15 is 0 Å². The van der Waals surface area contributed by atoms with E-state index in [4.69, 9.17) is 0 Å². The van der Waals surface area contributed by atoms with E-state index in [1.165, 1.54) is 12.8 Å². The second-order valence-electron chi connectivity index (χ2n) is 5.70. The summed E-state index contributed by atoms with van der Waals surface area (Å²) in [5.41, 5.74) is -0.482. The van der Waals surface area contributed by atoms with E-state index in [0.717, 1.165) is 44.6 Å². The molecule has 3 aliphatic rings. The Labute approximate surface area is 102 Å². The molecule has 2 aliphatic carbocycles. The van der Waals surface area contributed by atoms with E-state index in [9.17, 15) is 9.59 Å². The summed E-state index contributed by atoms with van der Waals surface area (Å²) in [6.45, 7) is 0.988. The van der Waals surface area contributed by atoms with Gasteiger partial charge in [-0.15, -0.1) is 0 Å². The predicted molar refractivity (Wildman–Crippen MR) is 63.3 cm³/mol. The Hall–Kier alpha value is -1.06. The number of nitrogens with zero attached hydrogens (tertiary/aromatic N) is 1. The lowest BCUT2D eigenvalue weighted by atomic mass is 9.91. The number of carbonyl (C=O) groups excluding carboxylic acids is 2. The van der Waals surface area contributed by atoms with Gasteiger partial charge in [-0.25, -0.2) is 0 Å². The average Bonchev–Trinajstić information content (AvgIpc) is 3.02. The molecule has 2 saturated carbocycles. The minimum Gasteiger partial charge on any atom is -0.345 e. The van der Waals surface area contributed by atoms with Crippen LogP contribution in [0, 0.1) is 5.92 Å². The monoisotopic (exact) mass is 236 g/mol. The molecule has 0 atom stereocenters. The molecule has 1 aliphatic heterocycles. The summed E-state index contributed by atoms with van der Waals surface area (Å²) in [6, 6.07) is 0. The van der Waals surface area contributed by atoms with Crippen LogP contribution in [0.3, 0.4) is 0 Å². The number of hydrogen-bond donors (Lipinski definition) is 1. The lowest BCUT2D eigenvalue weighted by Crippen LogP contribution is -2.66. The van der Waals surface area contributed by atoms with Gasteiger partial charge in [0.05, 0.1) is 6.54 Å². The zero-order valence-electron chi connectivity index (χ0n) is 10.2. The van der Waals surface area contributed by atoms with Crippen LogP contribution >= 0.6 is 0 Å². The highest BCUT2D eigenvalue weighted by atomic mass is 16.2. The second-order valence-corrected chi connectivity index (χ2v) is 5.70. The number of nitrogens with one attached hydrogen (secondary N) is 1. The number of piperazine rings is 1. The maximum absolute atomic E-state index is 12.1. The molecular formula is C13H20N2O2. The zero-order valence-corrected chi connectivity index (χ0v) is 10.2. The highest BCUT2D eigenvalue weighted by Gasteiger charge is 2.50. The maximum atomic E-state index is 12.1. The van der Waals surface area contributed by atoms with E-state index < -0.39 is 5.54 Å². The van der Waals surface area contributed by atoms with Crippen molar-refractivity contribution in [2.75, 3.05) is 13.1 Å². The van der Waals surface area contributed by atoms with Crippen LogP contribution in [-0.4, -0.2) is 35.3 Å². The number of hydrogen-bond acceptors (Lipinski definition) is 2. The van der Waals surface area contributed by atoms with Crippen molar-refractivity contribution in [1.29, 1.82) is 0 Å². The summed E-state index contributed by atoms with van der Waals surface area (Å²) in [6.07, 6.45) is 7.55. The fourth-order valence-electron chi connectivity index (χ4n) is 3.29. The zero-order chi connectivity index (χ0) is 11.9. The Morgan fingerprint density at radius 3 is 2.59 bits per heavy atom. The molecule has 1 spiro atoms. The molecule has 3 fully saturated rings. The summed E-state index contributed by atoms with van der Waals surface area (Å²) in [5.74, 6) is 1.02.